The fourth-order valence-electron chi connectivity index (χ4n) is 4.26. The van der Waals surface area contributed by atoms with Crippen LogP contribution in [0, 0.1) is 6.92 Å². The van der Waals surface area contributed by atoms with E-state index in [-0.39, 0.29) is 5.91 Å². The lowest BCUT2D eigenvalue weighted by Gasteiger charge is -2.35. The number of benzene rings is 1. The van der Waals surface area contributed by atoms with Crippen LogP contribution < -0.4 is 0 Å². The van der Waals surface area contributed by atoms with Crippen LogP contribution >= 0.6 is 11.3 Å². The Labute approximate surface area is 174 Å². The van der Waals surface area contributed by atoms with Gasteiger partial charge in [-0.1, -0.05) is 18.2 Å². The quantitative estimate of drug-likeness (QED) is 0.662. The molecule has 6 nitrogen and oxygen atoms in total. The van der Waals surface area contributed by atoms with Gasteiger partial charge in [-0.05, 0) is 38.0 Å². The monoisotopic (exact) mass is 410 g/mol. The smallest absolute Gasteiger partial charge is 0.264 e. The molecule has 0 saturated carbocycles. The number of aromatic nitrogens is 2. The summed E-state index contributed by atoms with van der Waals surface area (Å²) in [6.45, 7) is 7.31. The van der Waals surface area contributed by atoms with Gasteiger partial charge in [-0.2, -0.15) is 5.10 Å². The molecule has 1 amide bonds. The first-order chi connectivity index (χ1) is 14.2. The number of aryl methyl sites for hydroxylation is 1. The highest BCUT2D eigenvalue weighted by Crippen LogP contribution is 2.31. The minimum Gasteiger partial charge on any atom is -0.377 e. The lowest BCUT2D eigenvalue weighted by Crippen LogP contribution is -2.50. The zero-order chi connectivity index (χ0) is 19.8. The molecule has 0 N–H and O–H groups in total. The molecule has 152 valence electrons. The van der Waals surface area contributed by atoms with Crippen LogP contribution in [-0.2, 0) is 4.74 Å². The minimum absolute atomic E-state index is 0.141. The number of rotatable bonds is 4. The number of hydrogen-bond donors (Lipinski definition) is 0. The normalized spacial score (nSPS) is 20.6. The summed E-state index contributed by atoms with van der Waals surface area (Å²) in [4.78, 5) is 19.4. The highest BCUT2D eigenvalue weighted by Gasteiger charge is 2.27. The highest BCUT2D eigenvalue weighted by molar-refractivity contribution is 7.20. The Morgan fingerprint density at radius 2 is 2.00 bits per heavy atom. The Hall–Kier alpha value is -2.22. The molecule has 0 unspecified atom stereocenters. The van der Waals surface area contributed by atoms with Crippen molar-refractivity contribution >= 4 is 27.5 Å². The van der Waals surface area contributed by atoms with Gasteiger partial charge in [-0.3, -0.25) is 9.69 Å². The molecule has 1 atom stereocenters. The number of nitrogens with zero attached hydrogens (tertiary/aromatic N) is 4. The number of thiophene rings is 1. The first-order valence-corrected chi connectivity index (χ1v) is 11.2. The molecule has 0 aliphatic carbocycles. The predicted molar refractivity (Wildman–Crippen MR) is 115 cm³/mol. The maximum atomic E-state index is 13.1. The number of para-hydroxylation sites is 1. The second-order valence-corrected chi connectivity index (χ2v) is 8.92. The number of piperazine rings is 1. The average Bonchev–Trinajstić information content (AvgIpc) is 3.48. The first kappa shape index (κ1) is 18.8. The molecule has 2 aromatic heterocycles. The van der Waals surface area contributed by atoms with E-state index in [4.69, 9.17) is 4.74 Å². The van der Waals surface area contributed by atoms with E-state index in [1.807, 2.05) is 52.9 Å². The number of amides is 1. The lowest BCUT2D eigenvalue weighted by molar-refractivity contribution is 0.0435. The van der Waals surface area contributed by atoms with E-state index >= 15 is 0 Å². The fraction of sp³-hybridized carbons (Fsp3) is 0.455. The van der Waals surface area contributed by atoms with Crippen molar-refractivity contribution in [2.75, 3.05) is 39.3 Å². The van der Waals surface area contributed by atoms with Gasteiger partial charge in [0, 0.05) is 44.7 Å². The van der Waals surface area contributed by atoms with Crippen molar-refractivity contribution < 1.29 is 9.53 Å². The largest absolute Gasteiger partial charge is 0.377 e. The molecule has 2 aliphatic heterocycles. The maximum Gasteiger partial charge on any atom is 0.264 e. The van der Waals surface area contributed by atoms with Gasteiger partial charge in [0.15, 0.2) is 0 Å². The Kier molecular flexibility index (Phi) is 5.11. The molecule has 1 aromatic carbocycles. The molecule has 7 heteroatoms. The summed E-state index contributed by atoms with van der Waals surface area (Å²) in [5.74, 6) is 0.141. The van der Waals surface area contributed by atoms with Crippen LogP contribution in [0.5, 0.6) is 0 Å². The van der Waals surface area contributed by atoms with Crippen molar-refractivity contribution in [2.24, 2.45) is 0 Å². The van der Waals surface area contributed by atoms with E-state index in [1.165, 1.54) is 12.8 Å². The molecule has 2 saturated heterocycles. The van der Waals surface area contributed by atoms with Crippen LogP contribution in [0.4, 0.5) is 0 Å². The first-order valence-electron chi connectivity index (χ1n) is 10.4. The average molecular weight is 411 g/mol. The molecule has 2 aliphatic rings. The summed E-state index contributed by atoms with van der Waals surface area (Å²) in [7, 11) is 0. The Bertz CT molecular complexity index is 999. The van der Waals surface area contributed by atoms with Crippen LogP contribution in [0.2, 0.25) is 0 Å². The van der Waals surface area contributed by atoms with Gasteiger partial charge in [0.1, 0.15) is 4.83 Å². The Morgan fingerprint density at radius 1 is 1.21 bits per heavy atom. The molecule has 4 heterocycles. The fourth-order valence-corrected chi connectivity index (χ4v) is 5.41. The topological polar surface area (TPSA) is 50.6 Å². The number of carbonyl (C=O) groups excluding carboxylic acids is 1. The molecule has 0 bridgehead atoms. The van der Waals surface area contributed by atoms with Crippen molar-refractivity contribution in [3.05, 3.63) is 47.0 Å². The Balaban J connectivity index is 1.30. The van der Waals surface area contributed by atoms with Gasteiger partial charge in [-0.25, -0.2) is 4.68 Å². The molecular weight excluding hydrogens is 384 g/mol. The number of fused-ring (bicyclic) bond motifs is 1. The summed E-state index contributed by atoms with van der Waals surface area (Å²) in [6, 6.07) is 12.1. The third kappa shape index (κ3) is 3.70. The lowest BCUT2D eigenvalue weighted by atomic mass is 10.2. The number of ether oxygens (including phenoxy) is 1. The number of hydrogen-bond acceptors (Lipinski definition) is 5. The van der Waals surface area contributed by atoms with Gasteiger partial charge in [0.05, 0.1) is 22.4 Å². The summed E-state index contributed by atoms with van der Waals surface area (Å²) in [5, 5.41) is 5.74. The van der Waals surface area contributed by atoms with Crippen LogP contribution in [0.3, 0.4) is 0 Å². The van der Waals surface area contributed by atoms with Crippen LogP contribution in [0.25, 0.3) is 15.9 Å². The summed E-state index contributed by atoms with van der Waals surface area (Å²) >= 11 is 1.54. The van der Waals surface area contributed by atoms with Gasteiger partial charge < -0.3 is 9.64 Å². The minimum atomic E-state index is 0.141. The standard InChI is InChI=1S/C22H26N4O2S/c1-16-19-14-20(29-22(19)26(23-16)17-6-3-2-4-7-17)21(27)25-11-9-24(10-12-25)15-18-8-5-13-28-18/h2-4,6-7,14,18H,5,8-13,15H2,1H3/t18-/m1/s1. The summed E-state index contributed by atoms with van der Waals surface area (Å²) in [5.41, 5.74) is 1.98. The van der Waals surface area contributed by atoms with Crippen molar-refractivity contribution in [1.29, 1.82) is 0 Å². The van der Waals surface area contributed by atoms with Crippen LogP contribution in [0.15, 0.2) is 36.4 Å². The zero-order valence-corrected chi connectivity index (χ0v) is 17.5. The van der Waals surface area contributed by atoms with E-state index < -0.39 is 0 Å². The van der Waals surface area contributed by atoms with E-state index in [1.54, 1.807) is 11.3 Å². The number of carbonyl (C=O) groups is 1. The predicted octanol–water partition coefficient (Wildman–Crippen LogP) is 3.33. The summed E-state index contributed by atoms with van der Waals surface area (Å²) in [6.07, 6.45) is 2.72. The van der Waals surface area contributed by atoms with E-state index in [9.17, 15) is 4.79 Å². The van der Waals surface area contributed by atoms with Crippen molar-refractivity contribution in [3.8, 4) is 5.69 Å². The summed E-state index contributed by atoms with van der Waals surface area (Å²) < 4.78 is 7.70. The van der Waals surface area contributed by atoms with Gasteiger partial charge in [-0.15, -0.1) is 11.3 Å². The molecule has 0 spiro atoms. The Morgan fingerprint density at radius 3 is 2.72 bits per heavy atom. The molecule has 5 rings (SSSR count). The third-order valence-corrected chi connectivity index (χ3v) is 7.00. The van der Waals surface area contributed by atoms with Gasteiger partial charge >= 0.3 is 0 Å². The van der Waals surface area contributed by atoms with Crippen molar-refractivity contribution in [3.63, 3.8) is 0 Å². The van der Waals surface area contributed by atoms with Gasteiger partial charge in [0.25, 0.3) is 5.91 Å². The molecule has 0 radical (unpaired) electrons. The van der Waals surface area contributed by atoms with Crippen molar-refractivity contribution in [1.82, 2.24) is 19.6 Å². The third-order valence-electron chi connectivity index (χ3n) is 5.90. The van der Waals surface area contributed by atoms with Crippen LogP contribution in [0.1, 0.15) is 28.2 Å². The van der Waals surface area contributed by atoms with E-state index in [0.29, 0.717) is 6.10 Å². The molecule has 3 aromatic rings. The second kappa shape index (κ2) is 7.89. The molecular formula is C22H26N4O2S. The van der Waals surface area contributed by atoms with E-state index in [0.717, 1.165) is 65.8 Å². The maximum absolute atomic E-state index is 13.1. The SMILES string of the molecule is Cc1nn(-c2ccccc2)c2sc(C(=O)N3CCN(C[C@H]4CCCO4)CC3)cc12. The zero-order valence-electron chi connectivity index (χ0n) is 16.7. The molecule has 29 heavy (non-hydrogen) atoms. The molecule has 2 fully saturated rings. The van der Waals surface area contributed by atoms with Crippen molar-refractivity contribution in [2.45, 2.75) is 25.9 Å². The second-order valence-electron chi connectivity index (χ2n) is 7.89. The van der Waals surface area contributed by atoms with Crippen LogP contribution in [-0.4, -0.2) is 70.9 Å². The van der Waals surface area contributed by atoms with E-state index in [2.05, 4.69) is 10.00 Å². The highest BCUT2D eigenvalue weighted by atomic mass is 32.1. The van der Waals surface area contributed by atoms with Gasteiger partial charge in [0.2, 0.25) is 0 Å².